The highest BCUT2D eigenvalue weighted by Gasteiger charge is 2.20. The first-order valence-electron chi connectivity index (χ1n) is 5.87. The summed E-state index contributed by atoms with van der Waals surface area (Å²) in [5.41, 5.74) is 6.88. The molecule has 0 amide bonds. The highest BCUT2D eigenvalue weighted by Crippen LogP contribution is 2.36. The molecule has 0 spiro atoms. The van der Waals surface area contributed by atoms with Crippen LogP contribution in [0.5, 0.6) is 0 Å². The van der Waals surface area contributed by atoms with E-state index in [1.54, 1.807) is 24.5 Å². The highest BCUT2D eigenvalue weighted by atomic mass is 19.1. The number of anilines is 1. The Hall–Kier alpha value is -2.76. The van der Waals surface area contributed by atoms with E-state index in [9.17, 15) is 8.78 Å². The van der Waals surface area contributed by atoms with Crippen LogP contribution in [0.3, 0.4) is 0 Å². The summed E-state index contributed by atoms with van der Waals surface area (Å²) in [6.45, 7) is 0. The molecule has 0 fully saturated rings. The molecule has 100 valence electrons. The Labute approximate surface area is 113 Å². The van der Waals surface area contributed by atoms with Gasteiger partial charge in [-0.15, -0.1) is 0 Å². The van der Waals surface area contributed by atoms with Crippen molar-refractivity contribution in [3.05, 3.63) is 54.4 Å². The van der Waals surface area contributed by atoms with E-state index in [2.05, 4.69) is 15.2 Å². The van der Waals surface area contributed by atoms with Gasteiger partial charge in [0.2, 0.25) is 0 Å². The van der Waals surface area contributed by atoms with Crippen molar-refractivity contribution in [1.82, 2.24) is 15.2 Å². The molecule has 3 rings (SSSR count). The average Bonchev–Trinajstić information content (AvgIpc) is 2.81. The number of nitrogen functional groups attached to an aromatic ring is 1. The van der Waals surface area contributed by atoms with Crippen molar-refractivity contribution in [2.24, 2.45) is 0 Å². The summed E-state index contributed by atoms with van der Waals surface area (Å²) in [6, 6.07) is 7.13. The van der Waals surface area contributed by atoms with Crippen LogP contribution in [0.2, 0.25) is 0 Å². The quantitative estimate of drug-likeness (QED) is 0.753. The van der Waals surface area contributed by atoms with Crippen LogP contribution in [0.4, 0.5) is 14.6 Å². The van der Waals surface area contributed by atoms with E-state index in [-0.39, 0.29) is 17.1 Å². The lowest BCUT2D eigenvalue weighted by atomic mass is 10.0. The predicted molar refractivity (Wildman–Crippen MR) is 71.6 cm³/mol. The fraction of sp³-hybridized carbons (Fsp3) is 0. The summed E-state index contributed by atoms with van der Waals surface area (Å²) < 4.78 is 27.8. The summed E-state index contributed by atoms with van der Waals surface area (Å²) in [5.74, 6) is -1.20. The van der Waals surface area contributed by atoms with Crippen LogP contribution in [-0.2, 0) is 0 Å². The van der Waals surface area contributed by atoms with Gasteiger partial charge >= 0.3 is 0 Å². The second-order valence-corrected chi connectivity index (χ2v) is 4.20. The number of hydrogen-bond donors (Lipinski definition) is 2. The second kappa shape index (κ2) is 4.73. The van der Waals surface area contributed by atoms with Crippen molar-refractivity contribution >= 4 is 5.82 Å². The third kappa shape index (κ3) is 1.91. The van der Waals surface area contributed by atoms with Gasteiger partial charge in [-0.25, -0.2) is 8.78 Å². The fourth-order valence-electron chi connectivity index (χ4n) is 2.08. The Morgan fingerprint density at radius 2 is 1.75 bits per heavy atom. The zero-order valence-electron chi connectivity index (χ0n) is 10.3. The highest BCUT2D eigenvalue weighted by molar-refractivity contribution is 5.87. The van der Waals surface area contributed by atoms with Gasteiger partial charge in [-0.1, -0.05) is 12.1 Å². The first-order valence-corrected chi connectivity index (χ1v) is 5.87. The maximum Gasteiger partial charge on any atom is 0.153 e. The molecule has 0 aliphatic carbocycles. The molecular weight excluding hydrogens is 262 g/mol. The Balaban J connectivity index is 2.27. The van der Waals surface area contributed by atoms with Gasteiger partial charge in [0.25, 0.3) is 0 Å². The maximum atomic E-state index is 13.9. The summed E-state index contributed by atoms with van der Waals surface area (Å²) in [5, 5.41) is 6.43. The number of H-pyrrole nitrogens is 1. The van der Waals surface area contributed by atoms with E-state index >= 15 is 0 Å². The molecule has 0 atom stereocenters. The molecular formula is C14H10F2N4. The summed E-state index contributed by atoms with van der Waals surface area (Å²) in [4.78, 5) is 3.98. The Bertz CT molecular complexity index is 733. The van der Waals surface area contributed by atoms with Crippen LogP contribution in [0.25, 0.3) is 22.4 Å². The molecule has 3 aromatic rings. The van der Waals surface area contributed by atoms with E-state index in [4.69, 9.17) is 5.73 Å². The van der Waals surface area contributed by atoms with Gasteiger partial charge in [0.05, 0.1) is 16.8 Å². The van der Waals surface area contributed by atoms with E-state index < -0.39 is 11.6 Å². The zero-order valence-corrected chi connectivity index (χ0v) is 10.3. The number of nitrogens with two attached hydrogens (primary N) is 1. The maximum absolute atomic E-state index is 13.9. The minimum atomic E-state index is -0.682. The Morgan fingerprint density at radius 1 is 1.00 bits per heavy atom. The van der Waals surface area contributed by atoms with Gasteiger partial charge < -0.3 is 5.73 Å². The molecule has 20 heavy (non-hydrogen) atoms. The van der Waals surface area contributed by atoms with E-state index in [1.165, 1.54) is 18.2 Å². The number of nitrogens with zero attached hydrogens (tertiary/aromatic N) is 2. The Morgan fingerprint density at radius 3 is 2.40 bits per heavy atom. The number of halogens is 2. The summed E-state index contributed by atoms with van der Waals surface area (Å²) >= 11 is 0. The molecule has 4 nitrogen and oxygen atoms in total. The first kappa shape index (κ1) is 12.3. The molecule has 0 aliphatic rings. The lowest BCUT2D eigenvalue weighted by Gasteiger charge is -2.06. The van der Waals surface area contributed by atoms with Gasteiger partial charge in [-0.2, -0.15) is 5.10 Å². The van der Waals surface area contributed by atoms with Gasteiger partial charge in [-0.3, -0.25) is 10.1 Å². The normalized spacial score (nSPS) is 10.7. The number of rotatable bonds is 2. The average molecular weight is 272 g/mol. The van der Waals surface area contributed by atoms with Crippen LogP contribution in [0.1, 0.15) is 0 Å². The molecule has 0 saturated carbocycles. The monoisotopic (exact) mass is 272 g/mol. The van der Waals surface area contributed by atoms with E-state index in [0.29, 0.717) is 11.1 Å². The lowest BCUT2D eigenvalue weighted by Crippen LogP contribution is -1.93. The smallest absolute Gasteiger partial charge is 0.153 e. The Kier molecular flexibility index (Phi) is 2.90. The standard InChI is InChI=1S/C14H10F2N4/c15-9-4-1-5-10(16)12(9)13-11(14(17)20-19-13)8-3-2-6-18-7-8/h1-7H,(H3,17,19,20). The third-order valence-corrected chi connectivity index (χ3v) is 2.96. The van der Waals surface area contributed by atoms with Gasteiger partial charge in [0, 0.05) is 18.0 Å². The third-order valence-electron chi connectivity index (χ3n) is 2.96. The molecule has 2 aromatic heterocycles. The minimum Gasteiger partial charge on any atom is -0.382 e. The largest absolute Gasteiger partial charge is 0.382 e. The lowest BCUT2D eigenvalue weighted by molar-refractivity contribution is 0.588. The zero-order chi connectivity index (χ0) is 14.1. The van der Waals surface area contributed by atoms with E-state index in [1.807, 2.05) is 0 Å². The van der Waals surface area contributed by atoms with Crippen LogP contribution < -0.4 is 5.73 Å². The molecule has 0 unspecified atom stereocenters. The topological polar surface area (TPSA) is 67.6 Å². The second-order valence-electron chi connectivity index (χ2n) is 4.20. The van der Waals surface area contributed by atoms with Crippen molar-refractivity contribution in [3.8, 4) is 22.4 Å². The molecule has 6 heteroatoms. The van der Waals surface area contributed by atoms with Crippen LogP contribution >= 0.6 is 0 Å². The number of benzene rings is 1. The number of aromatic nitrogens is 3. The first-order chi connectivity index (χ1) is 9.68. The summed E-state index contributed by atoms with van der Waals surface area (Å²) in [7, 11) is 0. The molecule has 0 saturated heterocycles. The van der Waals surface area contributed by atoms with Crippen molar-refractivity contribution in [3.63, 3.8) is 0 Å². The molecule has 1 aromatic carbocycles. The number of aromatic amines is 1. The SMILES string of the molecule is Nc1n[nH]c(-c2c(F)cccc2F)c1-c1cccnc1. The van der Waals surface area contributed by atoms with Crippen molar-refractivity contribution in [1.29, 1.82) is 0 Å². The van der Waals surface area contributed by atoms with E-state index in [0.717, 1.165) is 0 Å². The molecule has 0 bridgehead atoms. The molecule has 0 radical (unpaired) electrons. The van der Waals surface area contributed by atoms with Gasteiger partial charge in [0.15, 0.2) is 5.82 Å². The van der Waals surface area contributed by atoms with Crippen LogP contribution in [0.15, 0.2) is 42.7 Å². The number of nitrogens with one attached hydrogen (secondary N) is 1. The van der Waals surface area contributed by atoms with Gasteiger partial charge in [0.1, 0.15) is 11.6 Å². The summed E-state index contributed by atoms with van der Waals surface area (Å²) in [6.07, 6.45) is 3.16. The van der Waals surface area contributed by atoms with Crippen molar-refractivity contribution < 1.29 is 8.78 Å². The molecule has 0 aliphatic heterocycles. The molecule has 2 heterocycles. The van der Waals surface area contributed by atoms with Crippen LogP contribution in [0, 0.1) is 11.6 Å². The van der Waals surface area contributed by atoms with Crippen molar-refractivity contribution in [2.45, 2.75) is 0 Å². The number of hydrogen-bond acceptors (Lipinski definition) is 3. The van der Waals surface area contributed by atoms with Gasteiger partial charge in [-0.05, 0) is 18.2 Å². The fourth-order valence-corrected chi connectivity index (χ4v) is 2.08. The van der Waals surface area contributed by atoms with Crippen LogP contribution in [-0.4, -0.2) is 15.2 Å². The minimum absolute atomic E-state index is 0.163. The predicted octanol–water partition coefficient (Wildman–Crippen LogP) is 3.00. The number of pyridine rings is 1. The van der Waals surface area contributed by atoms with Crippen molar-refractivity contribution in [2.75, 3.05) is 5.73 Å². The molecule has 3 N–H and O–H groups in total.